The molecule has 4 heteroatoms. The normalized spacial score (nSPS) is 23.9. The molecule has 5 rings (SSSR count). The quantitative estimate of drug-likeness (QED) is 0.494. The maximum Gasteiger partial charge on any atom is 0.138 e. The van der Waals surface area contributed by atoms with Gasteiger partial charge in [0.25, 0.3) is 0 Å². The number of piperidine rings is 1. The van der Waals surface area contributed by atoms with E-state index in [4.69, 9.17) is 4.74 Å². The minimum atomic E-state index is 0.226. The number of hydrogen-bond acceptors (Lipinski definition) is 4. The molecule has 0 aromatic heterocycles. The van der Waals surface area contributed by atoms with Crippen molar-refractivity contribution in [3.05, 3.63) is 52.8 Å². The minimum Gasteiger partial charge on any atom is -0.512 e. The fourth-order valence-corrected chi connectivity index (χ4v) is 5.73. The van der Waals surface area contributed by atoms with E-state index >= 15 is 0 Å². The van der Waals surface area contributed by atoms with Crippen molar-refractivity contribution in [2.45, 2.75) is 77.4 Å². The van der Waals surface area contributed by atoms with Gasteiger partial charge in [0.15, 0.2) is 0 Å². The summed E-state index contributed by atoms with van der Waals surface area (Å²) in [4.78, 5) is 2.47. The summed E-state index contributed by atoms with van der Waals surface area (Å²) in [7, 11) is 0. The van der Waals surface area contributed by atoms with Crippen LogP contribution in [0.3, 0.4) is 0 Å². The summed E-state index contributed by atoms with van der Waals surface area (Å²) in [6, 6.07) is 13.0. The molecule has 0 bridgehead atoms. The van der Waals surface area contributed by atoms with Crippen LogP contribution in [-0.2, 0) is 6.54 Å². The molecule has 174 valence electrons. The van der Waals surface area contributed by atoms with Crippen LogP contribution in [0.2, 0.25) is 0 Å². The Bertz CT molecular complexity index is 1060. The Labute approximate surface area is 197 Å². The summed E-state index contributed by atoms with van der Waals surface area (Å²) in [5.41, 5.74) is 3.19. The zero-order valence-electron chi connectivity index (χ0n) is 19.9. The van der Waals surface area contributed by atoms with Crippen molar-refractivity contribution in [1.82, 2.24) is 4.90 Å². The van der Waals surface area contributed by atoms with Crippen molar-refractivity contribution < 1.29 is 9.84 Å². The number of nitriles is 1. The third-order valence-electron chi connectivity index (χ3n) is 8.07. The minimum absolute atomic E-state index is 0.226. The largest absolute Gasteiger partial charge is 0.512 e. The number of nitrogens with zero attached hydrogens (tertiary/aromatic N) is 2. The van der Waals surface area contributed by atoms with E-state index in [-0.39, 0.29) is 6.10 Å². The van der Waals surface area contributed by atoms with Gasteiger partial charge < -0.3 is 9.84 Å². The molecule has 0 unspecified atom stereocenters. The number of likely N-dealkylation sites (tertiary alicyclic amines) is 1. The lowest BCUT2D eigenvalue weighted by Gasteiger charge is -2.31. The van der Waals surface area contributed by atoms with Gasteiger partial charge in [-0.3, -0.25) is 4.90 Å². The van der Waals surface area contributed by atoms with Crippen LogP contribution in [-0.4, -0.2) is 29.2 Å². The maximum atomic E-state index is 10.4. The lowest BCUT2D eigenvalue weighted by molar-refractivity contribution is 0.130. The standard InChI is InChI=1S/C29H36N2O2/c1-2-20-4-10-25(11-5-20)33-28-12-9-22-6-3-21(17-26(22)27(28)18-30)19-31-15-13-24(14-16-31)29(32)23-7-8-23/h3,6,9,12,17,20,24-25,32H,2,4-5,7-8,10-11,13-16,19H2,1H3. The number of allylic oxidation sites excluding steroid dienone is 2. The first kappa shape index (κ1) is 22.3. The van der Waals surface area contributed by atoms with Gasteiger partial charge in [-0.2, -0.15) is 5.26 Å². The third-order valence-corrected chi connectivity index (χ3v) is 8.07. The molecule has 2 aromatic rings. The molecule has 33 heavy (non-hydrogen) atoms. The van der Waals surface area contributed by atoms with E-state index in [0.717, 1.165) is 80.6 Å². The number of ether oxygens (including phenoxy) is 1. The molecular weight excluding hydrogens is 408 g/mol. The first-order valence-corrected chi connectivity index (χ1v) is 12.9. The highest BCUT2D eigenvalue weighted by atomic mass is 16.5. The monoisotopic (exact) mass is 444 g/mol. The number of fused-ring (bicyclic) bond motifs is 1. The smallest absolute Gasteiger partial charge is 0.138 e. The zero-order valence-corrected chi connectivity index (χ0v) is 19.9. The molecule has 3 aliphatic rings. The van der Waals surface area contributed by atoms with Gasteiger partial charge in [0.2, 0.25) is 0 Å². The average molecular weight is 445 g/mol. The van der Waals surface area contributed by atoms with Gasteiger partial charge in [-0.15, -0.1) is 0 Å². The molecule has 0 atom stereocenters. The molecule has 0 radical (unpaired) electrons. The fourth-order valence-electron chi connectivity index (χ4n) is 5.73. The van der Waals surface area contributed by atoms with Gasteiger partial charge in [0.05, 0.1) is 11.9 Å². The second-order valence-corrected chi connectivity index (χ2v) is 10.3. The van der Waals surface area contributed by atoms with Crippen LogP contribution in [0.25, 0.3) is 10.8 Å². The van der Waals surface area contributed by atoms with Crippen LogP contribution in [0.1, 0.15) is 75.8 Å². The highest BCUT2D eigenvalue weighted by Gasteiger charge is 2.28. The van der Waals surface area contributed by atoms with E-state index in [1.807, 2.05) is 6.07 Å². The summed E-state index contributed by atoms with van der Waals surface area (Å²) in [5, 5.41) is 22.4. The second-order valence-electron chi connectivity index (χ2n) is 10.3. The van der Waals surface area contributed by atoms with Crippen molar-refractivity contribution in [1.29, 1.82) is 5.26 Å². The molecule has 1 heterocycles. The molecule has 0 amide bonds. The molecule has 2 saturated carbocycles. The van der Waals surface area contributed by atoms with Crippen LogP contribution >= 0.6 is 0 Å². The van der Waals surface area contributed by atoms with Crippen LogP contribution < -0.4 is 4.74 Å². The number of benzene rings is 2. The summed E-state index contributed by atoms with van der Waals surface area (Å²) in [6.45, 7) is 5.18. The molecule has 1 N–H and O–H groups in total. The van der Waals surface area contributed by atoms with E-state index in [1.54, 1.807) is 0 Å². The first-order chi connectivity index (χ1) is 16.1. The van der Waals surface area contributed by atoms with E-state index < -0.39 is 0 Å². The summed E-state index contributed by atoms with van der Waals surface area (Å²) in [6.07, 6.45) is 10.4. The molecular formula is C29H36N2O2. The van der Waals surface area contributed by atoms with Gasteiger partial charge >= 0.3 is 0 Å². The lowest BCUT2D eigenvalue weighted by Crippen LogP contribution is -2.33. The van der Waals surface area contributed by atoms with Crippen molar-refractivity contribution in [2.75, 3.05) is 13.1 Å². The summed E-state index contributed by atoms with van der Waals surface area (Å²) < 4.78 is 6.37. The number of hydrogen-bond donors (Lipinski definition) is 1. The fraction of sp³-hybridized carbons (Fsp3) is 0.552. The number of aliphatic hydroxyl groups is 1. The topological polar surface area (TPSA) is 56.5 Å². The first-order valence-electron chi connectivity index (χ1n) is 12.9. The predicted octanol–water partition coefficient (Wildman–Crippen LogP) is 6.88. The lowest BCUT2D eigenvalue weighted by atomic mass is 9.86. The van der Waals surface area contributed by atoms with E-state index in [1.165, 1.54) is 30.4 Å². The van der Waals surface area contributed by atoms with Crippen LogP contribution in [0.15, 0.2) is 41.7 Å². The molecule has 2 aromatic carbocycles. The number of rotatable bonds is 6. The third kappa shape index (κ3) is 5.04. The Hall–Kier alpha value is -2.51. The summed E-state index contributed by atoms with van der Waals surface area (Å²) in [5.74, 6) is 2.62. The number of aliphatic hydroxyl groups excluding tert-OH is 1. The van der Waals surface area contributed by atoms with E-state index in [0.29, 0.717) is 17.2 Å². The Balaban J connectivity index is 1.28. The van der Waals surface area contributed by atoms with E-state index in [9.17, 15) is 10.4 Å². The Morgan fingerprint density at radius 2 is 1.79 bits per heavy atom. The van der Waals surface area contributed by atoms with Crippen molar-refractivity contribution in [3.8, 4) is 11.8 Å². The van der Waals surface area contributed by atoms with Gasteiger partial charge in [-0.05, 0) is 99.0 Å². The second kappa shape index (κ2) is 9.77. The van der Waals surface area contributed by atoms with E-state index in [2.05, 4.69) is 42.2 Å². The Kier molecular flexibility index (Phi) is 6.60. The van der Waals surface area contributed by atoms with Crippen molar-refractivity contribution >= 4 is 10.8 Å². The van der Waals surface area contributed by atoms with Gasteiger partial charge in [0, 0.05) is 17.8 Å². The predicted molar refractivity (Wildman–Crippen MR) is 132 cm³/mol. The molecule has 4 nitrogen and oxygen atoms in total. The van der Waals surface area contributed by atoms with Crippen LogP contribution in [0.4, 0.5) is 0 Å². The highest BCUT2D eigenvalue weighted by Crippen LogP contribution is 2.37. The highest BCUT2D eigenvalue weighted by molar-refractivity contribution is 5.90. The SMILES string of the molecule is CCC1CCC(Oc2ccc3ccc(CN4CCC(C(O)=C5CC5)CC4)cc3c2C#N)CC1. The molecule has 3 fully saturated rings. The Morgan fingerprint density at radius 1 is 1.06 bits per heavy atom. The van der Waals surface area contributed by atoms with Crippen LogP contribution in [0, 0.1) is 23.2 Å². The zero-order chi connectivity index (χ0) is 22.8. The van der Waals surface area contributed by atoms with Gasteiger partial charge in [-0.25, -0.2) is 0 Å². The van der Waals surface area contributed by atoms with Crippen LogP contribution in [0.5, 0.6) is 5.75 Å². The van der Waals surface area contributed by atoms with Gasteiger partial charge in [-0.1, -0.05) is 31.5 Å². The molecule has 2 aliphatic carbocycles. The van der Waals surface area contributed by atoms with Crippen molar-refractivity contribution in [3.63, 3.8) is 0 Å². The summed E-state index contributed by atoms with van der Waals surface area (Å²) >= 11 is 0. The van der Waals surface area contributed by atoms with Gasteiger partial charge in [0.1, 0.15) is 17.4 Å². The maximum absolute atomic E-state index is 10.4. The van der Waals surface area contributed by atoms with Crippen molar-refractivity contribution in [2.24, 2.45) is 11.8 Å². The molecule has 1 aliphatic heterocycles. The average Bonchev–Trinajstić information content (AvgIpc) is 3.70. The Morgan fingerprint density at radius 3 is 2.45 bits per heavy atom. The molecule has 1 saturated heterocycles. The molecule has 0 spiro atoms.